The van der Waals surface area contributed by atoms with E-state index in [4.69, 9.17) is 9.72 Å². The third-order valence-corrected chi connectivity index (χ3v) is 5.70. The number of aryl methyl sites for hydroxylation is 2. The third kappa shape index (κ3) is 3.42. The van der Waals surface area contributed by atoms with Gasteiger partial charge >= 0.3 is 0 Å². The summed E-state index contributed by atoms with van der Waals surface area (Å²) < 4.78 is 7.08. The summed E-state index contributed by atoms with van der Waals surface area (Å²) in [5.41, 5.74) is 1.87. The second-order valence-corrected chi connectivity index (χ2v) is 7.59. The van der Waals surface area contributed by atoms with Crippen molar-refractivity contribution in [1.29, 1.82) is 0 Å². The van der Waals surface area contributed by atoms with Gasteiger partial charge in [-0.2, -0.15) is 0 Å². The molecule has 2 heterocycles. The molecule has 0 N–H and O–H groups in total. The number of Topliss-reactive ketones (excluding diaryl/α,β-unsaturated/α-hetero) is 1. The smallest absolute Gasteiger partial charge is 0.262 e. The van der Waals surface area contributed by atoms with Gasteiger partial charge in [-0.3, -0.25) is 14.2 Å². The summed E-state index contributed by atoms with van der Waals surface area (Å²) in [6, 6.07) is 7.71. The van der Waals surface area contributed by atoms with Crippen molar-refractivity contribution in [3.05, 3.63) is 56.4 Å². The van der Waals surface area contributed by atoms with Gasteiger partial charge in [0.1, 0.15) is 22.2 Å². The molecule has 0 spiro atoms. The van der Waals surface area contributed by atoms with E-state index in [9.17, 15) is 9.59 Å². The van der Waals surface area contributed by atoms with Crippen molar-refractivity contribution in [3.8, 4) is 5.75 Å². The number of hydrogen-bond acceptors (Lipinski definition) is 5. The largest absolute Gasteiger partial charge is 0.496 e. The summed E-state index contributed by atoms with van der Waals surface area (Å²) in [5.74, 6) is 1.48. The number of ether oxygens (including phenoxy) is 1. The van der Waals surface area contributed by atoms with Crippen molar-refractivity contribution in [2.75, 3.05) is 7.11 Å². The van der Waals surface area contributed by atoms with Crippen molar-refractivity contribution < 1.29 is 9.53 Å². The molecule has 0 aliphatic rings. The summed E-state index contributed by atoms with van der Waals surface area (Å²) in [6.07, 6.45) is 0.789. The van der Waals surface area contributed by atoms with Gasteiger partial charge in [-0.05, 0) is 32.4 Å². The molecule has 3 aromatic rings. The average molecular weight is 370 g/mol. The maximum absolute atomic E-state index is 13.1. The number of nitrogens with zero attached hydrogens (tertiary/aromatic N) is 2. The maximum Gasteiger partial charge on any atom is 0.262 e. The maximum atomic E-state index is 13.1. The van der Waals surface area contributed by atoms with E-state index < -0.39 is 0 Å². The normalized spacial score (nSPS) is 11.1. The number of rotatable bonds is 6. The van der Waals surface area contributed by atoms with E-state index in [1.807, 2.05) is 38.1 Å². The van der Waals surface area contributed by atoms with Crippen LogP contribution in [0.4, 0.5) is 0 Å². The molecule has 6 heteroatoms. The number of methoxy groups -OCH3 is 1. The van der Waals surface area contributed by atoms with E-state index in [-0.39, 0.29) is 11.3 Å². The molecule has 26 heavy (non-hydrogen) atoms. The Morgan fingerprint density at radius 1 is 1.27 bits per heavy atom. The summed E-state index contributed by atoms with van der Waals surface area (Å²) in [6.45, 7) is 5.83. The molecule has 0 atom stereocenters. The highest BCUT2D eigenvalue weighted by Crippen LogP contribution is 2.27. The lowest BCUT2D eigenvalue weighted by atomic mass is 10.1. The number of carbonyl (C=O) groups excluding carboxylic acids is 1. The predicted molar refractivity (Wildman–Crippen MR) is 104 cm³/mol. The van der Waals surface area contributed by atoms with Gasteiger partial charge < -0.3 is 4.74 Å². The van der Waals surface area contributed by atoms with E-state index >= 15 is 0 Å². The standard InChI is InChI=1S/C20H22N2O3S/c1-12(23)9-10-22-17(11-15-7-5-6-8-16(15)25-4)21-19-18(20(22)24)13(2)14(3)26-19/h5-8H,9-11H2,1-4H3. The van der Waals surface area contributed by atoms with Crippen molar-refractivity contribution in [2.24, 2.45) is 0 Å². The zero-order valence-corrected chi connectivity index (χ0v) is 16.3. The van der Waals surface area contributed by atoms with Crippen LogP contribution < -0.4 is 10.3 Å². The first-order valence-corrected chi connectivity index (χ1v) is 9.34. The number of thiophene rings is 1. The van der Waals surface area contributed by atoms with Crippen LogP contribution in [0.5, 0.6) is 5.75 Å². The second kappa shape index (κ2) is 7.41. The van der Waals surface area contributed by atoms with Gasteiger partial charge in [0.15, 0.2) is 0 Å². The lowest BCUT2D eigenvalue weighted by Gasteiger charge is -2.14. The molecule has 0 radical (unpaired) electrons. The number of para-hydroxylation sites is 1. The van der Waals surface area contributed by atoms with Gasteiger partial charge in [-0.25, -0.2) is 4.98 Å². The molecule has 0 fully saturated rings. The zero-order valence-electron chi connectivity index (χ0n) is 15.5. The van der Waals surface area contributed by atoms with Crippen LogP contribution in [0.2, 0.25) is 0 Å². The topological polar surface area (TPSA) is 61.2 Å². The van der Waals surface area contributed by atoms with Crippen LogP contribution in [0.25, 0.3) is 10.2 Å². The molecule has 0 saturated carbocycles. The highest BCUT2D eigenvalue weighted by Gasteiger charge is 2.18. The number of benzene rings is 1. The van der Waals surface area contributed by atoms with E-state index in [0.717, 1.165) is 26.6 Å². The van der Waals surface area contributed by atoms with Crippen LogP contribution in [0.15, 0.2) is 29.1 Å². The van der Waals surface area contributed by atoms with Gasteiger partial charge in [0.2, 0.25) is 0 Å². The minimum absolute atomic E-state index is 0.0541. The minimum Gasteiger partial charge on any atom is -0.496 e. The highest BCUT2D eigenvalue weighted by molar-refractivity contribution is 7.18. The fourth-order valence-electron chi connectivity index (χ4n) is 3.02. The third-order valence-electron chi connectivity index (χ3n) is 4.60. The summed E-state index contributed by atoms with van der Waals surface area (Å²) >= 11 is 1.54. The Bertz CT molecular complexity index is 1030. The van der Waals surface area contributed by atoms with Crippen LogP contribution in [0.1, 0.15) is 35.2 Å². The first-order valence-electron chi connectivity index (χ1n) is 8.53. The van der Waals surface area contributed by atoms with Crippen LogP contribution in [-0.2, 0) is 17.8 Å². The fraction of sp³-hybridized carbons (Fsp3) is 0.350. The first-order chi connectivity index (χ1) is 12.4. The van der Waals surface area contributed by atoms with Crippen LogP contribution in [0.3, 0.4) is 0 Å². The van der Waals surface area contributed by atoms with Crippen molar-refractivity contribution in [3.63, 3.8) is 0 Å². The van der Waals surface area contributed by atoms with Crippen molar-refractivity contribution >= 4 is 27.3 Å². The van der Waals surface area contributed by atoms with Gasteiger partial charge in [-0.1, -0.05) is 18.2 Å². The molecule has 0 bridgehead atoms. The quantitative estimate of drug-likeness (QED) is 0.664. The predicted octanol–water partition coefficient (Wildman–Crippen LogP) is 3.65. The van der Waals surface area contributed by atoms with Crippen LogP contribution >= 0.6 is 11.3 Å². The molecule has 136 valence electrons. The first kappa shape index (κ1) is 18.3. The van der Waals surface area contributed by atoms with Crippen LogP contribution in [-0.4, -0.2) is 22.4 Å². The number of carbonyl (C=O) groups is 1. The Morgan fingerprint density at radius 3 is 2.69 bits per heavy atom. The zero-order chi connectivity index (χ0) is 18.8. The lowest BCUT2D eigenvalue weighted by Crippen LogP contribution is -2.26. The number of aromatic nitrogens is 2. The molecule has 5 nitrogen and oxygen atoms in total. The molecule has 0 aliphatic heterocycles. The monoisotopic (exact) mass is 370 g/mol. The molecule has 2 aromatic heterocycles. The Labute approximate surface area is 156 Å². The lowest BCUT2D eigenvalue weighted by molar-refractivity contribution is -0.117. The van der Waals surface area contributed by atoms with Gasteiger partial charge in [0.25, 0.3) is 5.56 Å². The van der Waals surface area contributed by atoms with Gasteiger partial charge in [-0.15, -0.1) is 11.3 Å². The van der Waals surface area contributed by atoms with Gasteiger partial charge in [0, 0.05) is 29.8 Å². The summed E-state index contributed by atoms with van der Waals surface area (Å²) in [4.78, 5) is 31.2. The van der Waals surface area contributed by atoms with Crippen LogP contribution in [0, 0.1) is 13.8 Å². The Balaban J connectivity index is 2.17. The molecule has 3 rings (SSSR count). The van der Waals surface area contributed by atoms with E-state index in [0.29, 0.717) is 30.6 Å². The Morgan fingerprint density at radius 2 is 2.00 bits per heavy atom. The average Bonchev–Trinajstić information content (AvgIpc) is 2.89. The number of fused-ring (bicyclic) bond motifs is 1. The highest BCUT2D eigenvalue weighted by atomic mass is 32.1. The van der Waals surface area contributed by atoms with Gasteiger partial charge in [0.05, 0.1) is 12.5 Å². The minimum atomic E-state index is -0.0667. The van der Waals surface area contributed by atoms with Crippen molar-refractivity contribution in [2.45, 2.75) is 40.2 Å². The van der Waals surface area contributed by atoms with Crippen molar-refractivity contribution in [1.82, 2.24) is 9.55 Å². The second-order valence-electron chi connectivity index (χ2n) is 6.39. The fourth-order valence-corrected chi connectivity index (χ4v) is 4.06. The number of hydrogen-bond donors (Lipinski definition) is 0. The van der Waals surface area contributed by atoms with E-state index in [2.05, 4.69) is 0 Å². The Hall–Kier alpha value is -2.47. The molecule has 0 amide bonds. The molecule has 0 aliphatic carbocycles. The molecule has 0 saturated heterocycles. The summed E-state index contributed by atoms with van der Waals surface area (Å²) in [5, 5.41) is 0.667. The van der Waals surface area contributed by atoms with E-state index in [1.54, 1.807) is 11.7 Å². The molecule has 1 aromatic carbocycles. The molecular weight excluding hydrogens is 348 g/mol. The summed E-state index contributed by atoms with van der Waals surface area (Å²) in [7, 11) is 1.63. The SMILES string of the molecule is COc1ccccc1Cc1nc2sc(C)c(C)c2c(=O)n1CCC(C)=O. The number of ketones is 1. The molecular formula is C20H22N2O3S. The molecule has 0 unspecified atom stereocenters. The Kier molecular flexibility index (Phi) is 5.23. The van der Waals surface area contributed by atoms with E-state index in [1.165, 1.54) is 18.3 Å².